The van der Waals surface area contributed by atoms with Gasteiger partial charge in [-0.05, 0) is 51.1 Å². The van der Waals surface area contributed by atoms with E-state index in [4.69, 9.17) is 5.73 Å². The van der Waals surface area contributed by atoms with E-state index in [-0.39, 0.29) is 23.2 Å². The Balaban J connectivity index is 2.02. The van der Waals surface area contributed by atoms with Crippen molar-refractivity contribution in [3.63, 3.8) is 0 Å². The maximum Gasteiger partial charge on any atom is 0.242 e. The minimum Gasteiger partial charge on any atom is -0.398 e. The standard InChI is InChI=1S/C14H22FN3O2S/c1-11(18-7-3-2-4-8-18)10-17-21(19,20)14-9-12(15)5-6-13(14)16/h5-6,9,11,17H,2-4,7-8,10,16H2,1H3. The van der Waals surface area contributed by atoms with Crippen LogP contribution in [0.15, 0.2) is 23.1 Å². The van der Waals surface area contributed by atoms with Gasteiger partial charge in [0.2, 0.25) is 10.0 Å². The first-order valence-corrected chi connectivity index (χ1v) is 8.67. The molecule has 0 amide bonds. The summed E-state index contributed by atoms with van der Waals surface area (Å²) in [6, 6.07) is 3.46. The largest absolute Gasteiger partial charge is 0.398 e. The molecule has 0 bridgehead atoms. The minimum absolute atomic E-state index is 0.0505. The Hall–Kier alpha value is -1.18. The Morgan fingerprint density at radius 2 is 2.00 bits per heavy atom. The molecule has 1 aliphatic rings. The fraction of sp³-hybridized carbons (Fsp3) is 0.571. The molecule has 0 radical (unpaired) electrons. The monoisotopic (exact) mass is 315 g/mol. The van der Waals surface area contributed by atoms with Gasteiger partial charge in [-0.25, -0.2) is 17.5 Å². The highest BCUT2D eigenvalue weighted by Gasteiger charge is 2.22. The molecular weight excluding hydrogens is 293 g/mol. The SMILES string of the molecule is CC(CNS(=O)(=O)c1cc(F)ccc1N)N1CCCCC1. The van der Waals surface area contributed by atoms with Gasteiger partial charge >= 0.3 is 0 Å². The van der Waals surface area contributed by atoms with Gasteiger partial charge in [-0.15, -0.1) is 0 Å². The predicted octanol–water partition coefficient (Wildman–Crippen LogP) is 1.56. The van der Waals surface area contributed by atoms with E-state index < -0.39 is 15.8 Å². The Kier molecular flexibility index (Phi) is 5.18. The number of nitrogens with two attached hydrogens (primary N) is 1. The molecule has 7 heteroatoms. The van der Waals surface area contributed by atoms with E-state index in [0.717, 1.165) is 38.1 Å². The number of anilines is 1. The van der Waals surface area contributed by atoms with Crippen molar-refractivity contribution in [2.45, 2.75) is 37.1 Å². The van der Waals surface area contributed by atoms with Gasteiger partial charge in [0.25, 0.3) is 0 Å². The summed E-state index contributed by atoms with van der Waals surface area (Å²) in [6.45, 7) is 4.26. The van der Waals surface area contributed by atoms with Gasteiger partial charge < -0.3 is 5.73 Å². The molecule has 1 atom stereocenters. The van der Waals surface area contributed by atoms with Crippen LogP contribution < -0.4 is 10.5 Å². The molecule has 5 nitrogen and oxygen atoms in total. The molecule has 21 heavy (non-hydrogen) atoms. The fourth-order valence-corrected chi connectivity index (χ4v) is 3.80. The summed E-state index contributed by atoms with van der Waals surface area (Å²) in [5.41, 5.74) is 5.68. The van der Waals surface area contributed by atoms with Crippen LogP contribution in [0.25, 0.3) is 0 Å². The Morgan fingerprint density at radius 3 is 2.67 bits per heavy atom. The second kappa shape index (κ2) is 6.72. The zero-order chi connectivity index (χ0) is 15.5. The summed E-state index contributed by atoms with van der Waals surface area (Å²) in [7, 11) is -3.79. The molecule has 1 heterocycles. The Bertz CT molecular complexity index is 586. The predicted molar refractivity (Wildman–Crippen MR) is 80.9 cm³/mol. The maximum atomic E-state index is 13.2. The van der Waals surface area contributed by atoms with Crippen LogP contribution >= 0.6 is 0 Å². The third kappa shape index (κ3) is 4.15. The van der Waals surface area contributed by atoms with Crippen molar-refractivity contribution in [1.82, 2.24) is 9.62 Å². The van der Waals surface area contributed by atoms with Crippen molar-refractivity contribution in [3.05, 3.63) is 24.0 Å². The number of hydrogen-bond donors (Lipinski definition) is 2. The van der Waals surface area contributed by atoms with Gasteiger partial charge in [0, 0.05) is 12.6 Å². The topological polar surface area (TPSA) is 75.4 Å². The quantitative estimate of drug-likeness (QED) is 0.809. The van der Waals surface area contributed by atoms with Crippen molar-refractivity contribution >= 4 is 15.7 Å². The highest BCUT2D eigenvalue weighted by Crippen LogP contribution is 2.19. The lowest BCUT2D eigenvalue weighted by atomic mass is 10.1. The number of sulfonamides is 1. The van der Waals surface area contributed by atoms with Crippen LogP contribution in [0, 0.1) is 5.82 Å². The molecule has 0 aliphatic carbocycles. The molecular formula is C14H22FN3O2S. The molecule has 1 fully saturated rings. The summed E-state index contributed by atoms with van der Waals surface area (Å²) in [5, 5.41) is 0. The number of benzene rings is 1. The number of halogens is 1. The summed E-state index contributed by atoms with van der Waals surface area (Å²) in [6.07, 6.45) is 3.52. The van der Waals surface area contributed by atoms with Crippen LogP contribution in [0.4, 0.5) is 10.1 Å². The van der Waals surface area contributed by atoms with Crippen molar-refractivity contribution in [2.75, 3.05) is 25.4 Å². The summed E-state index contributed by atoms with van der Waals surface area (Å²) >= 11 is 0. The van der Waals surface area contributed by atoms with Crippen LogP contribution in [-0.4, -0.2) is 39.0 Å². The fourth-order valence-electron chi connectivity index (χ4n) is 2.54. The second-order valence-electron chi connectivity index (χ2n) is 5.48. The molecule has 2 rings (SSSR count). The van der Waals surface area contributed by atoms with E-state index in [9.17, 15) is 12.8 Å². The minimum atomic E-state index is -3.79. The number of rotatable bonds is 5. The highest BCUT2D eigenvalue weighted by atomic mass is 32.2. The lowest BCUT2D eigenvalue weighted by molar-refractivity contribution is 0.175. The summed E-state index contributed by atoms with van der Waals surface area (Å²) in [4.78, 5) is 2.06. The molecule has 0 aromatic heterocycles. The molecule has 1 saturated heterocycles. The first-order valence-electron chi connectivity index (χ1n) is 7.19. The van der Waals surface area contributed by atoms with Crippen LogP contribution in [0.5, 0.6) is 0 Å². The van der Waals surface area contributed by atoms with Gasteiger partial charge in [0.15, 0.2) is 0 Å². The number of likely N-dealkylation sites (tertiary alicyclic amines) is 1. The lowest BCUT2D eigenvalue weighted by Gasteiger charge is -2.32. The van der Waals surface area contributed by atoms with E-state index >= 15 is 0 Å². The third-order valence-corrected chi connectivity index (χ3v) is 5.33. The van der Waals surface area contributed by atoms with Gasteiger partial charge in [-0.1, -0.05) is 6.42 Å². The van der Waals surface area contributed by atoms with Crippen LogP contribution in [0.1, 0.15) is 26.2 Å². The first-order chi connectivity index (χ1) is 9.90. The van der Waals surface area contributed by atoms with Crippen molar-refractivity contribution in [3.8, 4) is 0 Å². The van der Waals surface area contributed by atoms with E-state index in [0.29, 0.717) is 0 Å². The van der Waals surface area contributed by atoms with Crippen LogP contribution in [-0.2, 0) is 10.0 Å². The average molecular weight is 315 g/mol. The molecule has 118 valence electrons. The molecule has 3 N–H and O–H groups in total. The molecule has 1 aliphatic heterocycles. The Morgan fingerprint density at radius 1 is 1.33 bits per heavy atom. The maximum absolute atomic E-state index is 13.2. The van der Waals surface area contributed by atoms with Crippen LogP contribution in [0.2, 0.25) is 0 Å². The molecule has 0 spiro atoms. The molecule has 1 aromatic carbocycles. The Labute approximate surface area is 125 Å². The molecule has 1 unspecified atom stereocenters. The van der Waals surface area contributed by atoms with E-state index in [1.807, 2.05) is 6.92 Å². The van der Waals surface area contributed by atoms with Gasteiger partial charge in [-0.2, -0.15) is 0 Å². The van der Waals surface area contributed by atoms with Gasteiger partial charge in [0.05, 0.1) is 5.69 Å². The highest BCUT2D eigenvalue weighted by molar-refractivity contribution is 7.89. The number of hydrogen-bond acceptors (Lipinski definition) is 4. The number of piperidine rings is 1. The van der Waals surface area contributed by atoms with E-state index in [2.05, 4.69) is 9.62 Å². The third-order valence-electron chi connectivity index (χ3n) is 3.85. The van der Waals surface area contributed by atoms with E-state index in [1.165, 1.54) is 12.5 Å². The normalized spacial score (nSPS) is 18.6. The molecule has 1 aromatic rings. The molecule has 0 saturated carbocycles. The van der Waals surface area contributed by atoms with Crippen molar-refractivity contribution in [1.29, 1.82) is 0 Å². The summed E-state index contributed by atoms with van der Waals surface area (Å²) in [5.74, 6) is -0.617. The van der Waals surface area contributed by atoms with Crippen molar-refractivity contribution in [2.24, 2.45) is 0 Å². The van der Waals surface area contributed by atoms with Crippen molar-refractivity contribution < 1.29 is 12.8 Å². The zero-order valence-electron chi connectivity index (χ0n) is 12.2. The average Bonchev–Trinajstić information content (AvgIpc) is 2.48. The summed E-state index contributed by atoms with van der Waals surface area (Å²) < 4.78 is 40.2. The number of nitrogen functional groups attached to an aromatic ring is 1. The zero-order valence-corrected chi connectivity index (χ0v) is 13.0. The second-order valence-corrected chi connectivity index (χ2v) is 7.22. The number of nitrogens with zero attached hydrogens (tertiary/aromatic N) is 1. The van der Waals surface area contributed by atoms with Gasteiger partial charge in [-0.3, -0.25) is 4.90 Å². The first kappa shape index (κ1) is 16.2. The lowest BCUT2D eigenvalue weighted by Crippen LogP contribution is -2.44. The van der Waals surface area contributed by atoms with E-state index in [1.54, 1.807) is 0 Å². The van der Waals surface area contributed by atoms with Crippen LogP contribution in [0.3, 0.4) is 0 Å². The smallest absolute Gasteiger partial charge is 0.242 e. The number of nitrogens with one attached hydrogen (secondary N) is 1. The van der Waals surface area contributed by atoms with Gasteiger partial charge in [0.1, 0.15) is 10.7 Å².